The molecule has 0 radical (unpaired) electrons. The fourth-order valence-electron chi connectivity index (χ4n) is 4.26. The van der Waals surface area contributed by atoms with E-state index in [2.05, 4.69) is 33.5 Å². The molecule has 0 bridgehead atoms. The van der Waals surface area contributed by atoms with Gasteiger partial charge in [-0.3, -0.25) is 14.4 Å². The van der Waals surface area contributed by atoms with Crippen LogP contribution in [0.3, 0.4) is 0 Å². The van der Waals surface area contributed by atoms with Crippen molar-refractivity contribution in [1.82, 2.24) is 24.9 Å². The summed E-state index contributed by atoms with van der Waals surface area (Å²) in [5.74, 6) is -0.00267. The number of carbonyl (C=O) groups excluding carboxylic acids is 1. The topological polar surface area (TPSA) is 62.6 Å². The van der Waals surface area contributed by atoms with Gasteiger partial charge in [0.25, 0.3) is 5.91 Å². The molecule has 2 saturated heterocycles. The van der Waals surface area contributed by atoms with Gasteiger partial charge >= 0.3 is 0 Å². The second kappa shape index (κ2) is 8.32. The number of rotatable bonds is 5. The lowest BCUT2D eigenvalue weighted by molar-refractivity contribution is -0.182. The zero-order chi connectivity index (χ0) is 19.6. The maximum absolute atomic E-state index is 12.7. The minimum Gasteiger partial charge on any atom is -0.359 e. The van der Waals surface area contributed by atoms with Crippen LogP contribution in [0.1, 0.15) is 23.3 Å². The molecular weight excluding hydrogens is 374 g/mol. The maximum atomic E-state index is 12.7. The van der Waals surface area contributed by atoms with E-state index in [-0.39, 0.29) is 11.5 Å². The highest BCUT2D eigenvalue weighted by atomic mass is 32.1. The third kappa shape index (κ3) is 4.63. The van der Waals surface area contributed by atoms with Crippen LogP contribution in [-0.2, 0) is 29.7 Å². The van der Waals surface area contributed by atoms with E-state index < -0.39 is 6.10 Å². The Kier molecular flexibility index (Phi) is 5.82. The number of likely N-dealkylation sites (tertiary alicyclic amines) is 1. The first-order chi connectivity index (χ1) is 13.5. The summed E-state index contributed by atoms with van der Waals surface area (Å²) in [5.41, 5.74) is 1.02. The predicted octanol–water partition coefficient (Wildman–Crippen LogP) is 1.46. The first-order valence-electron chi connectivity index (χ1n) is 9.88. The van der Waals surface area contributed by atoms with Crippen molar-refractivity contribution >= 4 is 17.2 Å². The van der Waals surface area contributed by atoms with E-state index in [1.807, 2.05) is 35.4 Å². The number of aromatic nitrogens is 2. The maximum Gasteiger partial charge on any atom is 0.250 e. The van der Waals surface area contributed by atoms with Crippen LogP contribution in [0.2, 0.25) is 0 Å². The molecule has 2 aliphatic heterocycles. The van der Waals surface area contributed by atoms with Gasteiger partial charge < -0.3 is 15.0 Å². The number of hydrogen-bond acceptors (Lipinski definition) is 6. The molecule has 2 aromatic heterocycles. The summed E-state index contributed by atoms with van der Waals surface area (Å²) in [7, 11) is 4.04. The fraction of sp³-hybridized carbons (Fsp3) is 0.600. The second-order valence-corrected chi connectivity index (χ2v) is 9.11. The molecule has 1 N–H and O–H groups in total. The molecule has 8 heteroatoms. The Morgan fingerprint density at radius 2 is 2.21 bits per heavy atom. The predicted molar refractivity (Wildman–Crippen MR) is 109 cm³/mol. The van der Waals surface area contributed by atoms with Crippen molar-refractivity contribution in [3.63, 3.8) is 0 Å². The summed E-state index contributed by atoms with van der Waals surface area (Å²) in [6.45, 7) is 4.99. The number of amides is 1. The van der Waals surface area contributed by atoms with Gasteiger partial charge in [0.15, 0.2) is 0 Å². The Morgan fingerprint density at radius 1 is 1.39 bits per heavy atom. The first-order valence-corrected chi connectivity index (χ1v) is 10.8. The molecule has 152 valence electrons. The van der Waals surface area contributed by atoms with E-state index in [0.29, 0.717) is 13.1 Å². The number of likely N-dealkylation sites (N-methyl/N-ethyl adjacent to an activating group) is 1. The van der Waals surface area contributed by atoms with Crippen LogP contribution in [0.5, 0.6) is 0 Å². The van der Waals surface area contributed by atoms with Crippen LogP contribution in [-0.4, -0.2) is 70.4 Å². The molecule has 1 spiro atoms. The zero-order valence-corrected chi connectivity index (χ0v) is 17.5. The third-order valence-corrected chi connectivity index (χ3v) is 6.55. The van der Waals surface area contributed by atoms with Crippen LogP contribution >= 0.6 is 11.3 Å². The lowest BCUT2D eigenvalue weighted by atomic mass is 9.88. The minimum absolute atomic E-state index is 0.00267. The van der Waals surface area contributed by atoms with Gasteiger partial charge in [0, 0.05) is 56.4 Å². The molecule has 1 atom stereocenters. The molecule has 2 aromatic rings. The summed E-state index contributed by atoms with van der Waals surface area (Å²) in [4.78, 5) is 18.6. The average molecular weight is 404 g/mol. The van der Waals surface area contributed by atoms with Crippen molar-refractivity contribution in [2.75, 3.05) is 33.2 Å². The van der Waals surface area contributed by atoms with Gasteiger partial charge in [0.1, 0.15) is 6.10 Å². The molecule has 1 unspecified atom stereocenters. The number of thiophene rings is 1. The van der Waals surface area contributed by atoms with Gasteiger partial charge in [0.2, 0.25) is 0 Å². The van der Waals surface area contributed by atoms with Crippen molar-refractivity contribution in [3.05, 3.63) is 40.3 Å². The highest BCUT2D eigenvalue weighted by Gasteiger charge is 2.44. The van der Waals surface area contributed by atoms with Crippen molar-refractivity contribution in [1.29, 1.82) is 0 Å². The van der Waals surface area contributed by atoms with Crippen LogP contribution in [0, 0.1) is 0 Å². The van der Waals surface area contributed by atoms with Crippen LogP contribution in [0.25, 0.3) is 0 Å². The molecule has 0 aromatic carbocycles. The van der Waals surface area contributed by atoms with E-state index in [1.54, 1.807) is 11.3 Å². The highest BCUT2D eigenvalue weighted by molar-refractivity contribution is 7.09. The SMILES string of the molecule is CN1CC(C(=O)NCc2cccs2)OC2(CCN(Cc3cnn(C)c3)CC2)C1. The second-order valence-electron chi connectivity index (χ2n) is 8.08. The molecule has 1 amide bonds. The Labute approximate surface area is 170 Å². The molecule has 28 heavy (non-hydrogen) atoms. The number of ether oxygens (including phenoxy) is 1. The van der Waals surface area contributed by atoms with Crippen molar-refractivity contribution < 1.29 is 9.53 Å². The number of carbonyl (C=O) groups is 1. The van der Waals surface area contributed by atoms with E-state index in [4.69, 9.17) is 4.74 Å². The van der Waals surface area contributed by atoms with Crippen LogP contribution < -0.4 is 5.32 Å². The molecule has 4 rings (SSSR count). The van der Waals surface area contributed by atoms with Gasteiger partial charge in [-0.15, -0.1) is 11.3 Å². The van der Waals surface area contributed by atoms with Gasteiger partial charge in [-0.2, -0.15) is 5.10 Å². The molecule has 2 fully saturated rings. The quantitative estimate of drug-likeness (QED) is 0.819. The first kappa shape index (κ1) is 19.6. The lowest BCUT2D eigenvalue weighted by Crippen LogP contribution is -2.61. The Balaban J connectivity index is 1.32. The third-order valence-electron chi connectivity index (χ3n) is 5.67. The summed E-state index contributed by atoms with van der Waals surface area (Å²) in [6.07, 6.45) is 5.51. The van der Waals surface area contributed by atoms with Gasteiger partial charge in [-0.05, 0) is 31.3 Å². The van der Waals surface area contributed by atoms with Gasteiger partial charge in [-0.1, -0.05) is 6.07 Å². The number of morpholine rings is 1. The summed E-state index contributed by atoms with van der Waals surface area (Å²) in [5, 5.41) is 9.33. The minimum atomic E-state index is -0.399. The van der Waals surface area contributed by atoms with Crippen molar-refractivity contribution in [2.24, 2.45) is 7.05 Å². The lowest BCUT2D eigenvalue weighted by Gasteiger charge is -2.48. The number of hydrogen-bond donors (Lipinski definition) is 1. The summed E-state index contributed by atoms with van der Waals surface area (Å²) in [6, 6.07) is 4.05. The Morgan fingerprint density at radius 3 is 2.89 bits per heavy atom. The Hall–Kier alpha value is -1.74. The molecule has 0 aliphatic carbocycles. The van der Waals surface area contributed by atoms with E-state index in [9.17, 15) is 4.79 Å². The zero-order valence-electron chi connectivity index (χ0n) is 16.6. The monoisotopic (exact) mass is 403 g/mol. The van der Waals surface area contributed by atoms with Gasteiger partial charge in [0.05, 0.1) is 18.3 Å². The largest absolute Gasteiger partial charge is 0.359 e. The molecule has 2 aliphatic rings. The van der Waals surface area contributed by atoms with Crippen molar-refractivity contribution in [2.45, 2.75) is 37.6 Å². The molecule has 7 nitrogen and oxygen atoms in total. The summed E-state index contributed by atoms with van der Waals surface area (Å²) < 4.78 is 8.27. The number of nitrogens with one attached hydrogen (secondary N) is 1. The average Bonchev–Trinajstić information content (AvgIpc) is 3.33. The fourth-order valence-corrected chi connectivity index (χ4v) is 4.90. The van der Waals surface area contributed by atoms with Crippen molar-refractivity contribution in [3.8, 4) is 0 Å². The standard InChI is InChI=1S/C20H29N5O2S/c1-23-14-18(19(26)21-11-17-4-3-9-28-17)27-20(15-23)5-7-25(8-6-20)13-16-10-22-24(2)12-16/h3-4,9-10,12,18H,5-8,11,13-15H2,1-2H3,(H,21,26). The van der Waals surface area contributed by atoms with Gasteiger partial charge in [-0.25, -0.2) is 0 Å². The van der Waals surface area contributed by atoms with Crippen LogP contribution in [0.15, 0.2) is 29.9 Å². The van der Waals surface area contributed by atoms with E-state index in [0.717, 1.165) is 43.9 Å². The highest BCUT2D eigenvalue weighted by Crippen LogP contribution is 2.32. The molecule has 0 saturated carbocycles. The number of piperidine rings is 1. The molecule has 4 heterocycles. The smallest absolute Gasteiger partial charge is 0.250 e. The summed E-state index contributed by atoms with van der Waals surface area (Å²) >= 11 is 1.66. The van der Waals surface area contributed by atoms with E-state index in [1.165, 1.54) is 5.56 Å². The van der Waals surface area contributed by atoms with Crippen LogP contribution in [0.4, 0.5) is 0 Å². The number of aryl methyl sites for hydroxylation is 1. The Bertz CT molecular complexity index is 782. The normalized spacial score (nSPS) is 23.1. The van der Waals surface area contributed by atoms with E-state index >= 15 is 0 Å². The number of nitrogens with zero attached hydrogens (tertiary/aromatic N) is 4. The molecular formula is C20H29N5O2S.